The molecule has 0 radical (unpaired) electrons. The van der Waals surface area contributed by atoms with Crippen LogP contribution in [0, 0.1) is 6.92 Å². The predicted octanol–water partition coefficient (Wildman–Crippen LogP) is 7.39. The zero-order valence-corrected chi connectivity index (χ0v) is 28.0. The molecule has 0 bridgehead atoms. The lowest BCUT2D eigenvalue weighted by Gasteiger charge is -2.43. The number of benzene rings is 3. The Kier molecular flexibility index (Phi) is 7.72. The van der Waals surface area contributed by atoms with Crippen LogP contribution in [0.4, 0.5) is 5.69 Å². The summed E-state index contributed by atoms with van der Waals surface area (Å²) in [6, 6.07) is 30.1. The number of hydrogen-bond donors (Lipinski definition) is 1. The van der Waals surface area contributed by atoms with E-state index >= 15 is 0 Å². The van der Waals surface area contributed by atoms with Gasteiger partial charge in [0.05, 0.1) is 18.0 Å². The van der Waals surface area contributed by atoms with E-state index in [1.807, 2.05) is 13.0 Å². The van der Waals surface area contributed by atoms with E-state index in [9.17, 15) is 0 Å². The Morgan fingerprint density at radius 2 is 1.55 bits per heavy atom. The minimum atomic E-state index is -2.67. The van der Waals surface area contributed by atoms with Crippen LogP contribution in [0.15, 0.2) is 94.5 Å². The molecule has 0 aliphatic carbocycles. The van der Waals surface area contributed by atoms with Gasteiger partial charge in [0.1, 0.15) is 5.84 Å². The van der Waals surface area contributed by atoms with Gasteiger partial charge in [0.25, 0.3) is 8.32 Å². The first-order valence-corrected chi connectivity index (χ1v) is 17.4. The number of amidine groups is 1. The van der Waals surface area contributed by atoms with Gasteiger partial charge in [-0.25, -0.2) is 0 Å². The van der Waals surface area contributed by atoms with E-state index in [0.29, 0.717) is 13.2 Å². The number of halogens is 2. The molecule has 216 valence electrons. The normalized spacial score (nSPS) is 16.5. The quantitative estimate of drug-likeness (QED) is 0.211. The van der Waals surface area contributed by atoms with Gasteiger partial charge in [-0.05, 0) is 64.7 Å². The van der Waals surface area contributed by atoms with E-state index in [4.69, 9.17) is 16.0 Å². The maximum absolute atomic E-state index is 7.22. The van der Waals surface area contributed by atoms with Gasteiger partial charge in [0.15, 0.2) is 6.17 Å². The average molecular weight is 660 g/mol. The van der Waals surface area contributed by atoms with E-state index < -0.39 is 8.32 Å². The summed E-state index contributed by atoms with van der Waals surface area (Å²) in [7, 11) is -2.67. The zero-order chi connectivity index (χ0) is 29.6. The Labute approximate surface area is 263 Å². The van der Waals surface area contributed by atoms with Crippen molar-refractivity contribution in [2.75, 3.05) is 4.90 Å². The number of rotatable bonds is 7. The maximum Gasteiger partial charge on any atom is 0.261 e. The van der Waals surface area contributed by atoms with Gasteiger partial charge in [0.2, 0.25) is 0 Å². The average Bonchev–Trinajstić information content (AvgIpc) is 3.49. The molecule has 1 atom stereocenters. The Morgan fingerprint density at radius 3 is 2.17 bits per heavy atom. The molecule has 5 nitrogen and oxygen atoms in total. The monoisotopic (exact) mass is 658 g/mol. The van der Waals surface area contributed by atoms with Crippen LogP contribution in [0.1, 0.15) is 50.2 Å². The summed E-state index contributed by atoms with van der Waals surface area (Å²) in [6.45, 7) is 12.3. The number of aryl methyl sites for hydroxylation is 1. The van der Waals surface area contributed by atoms with Crippen molar-refractivity contribution >= 4 is 63.8 Å². The molecule has 0 amide bonds. The Bertz CT molecular complexity index is 1640. The van der Waals surface area contributed by atoms with Crippen LogP contribution < -0.4 is 20.7 Å². The largest absolute Gasteiger partial charge is 0.403 e. The fourth-order valence-electron chi connectivity index (χ4n) is 6.42. The number of aromatic nitrogens is 1. The first kappa shape index (κ1) is 29.0. The molecule has 4 aromatic rings. The third-order valence-electron chi connectivity index (χ3n) is 8.31. The van der Waals surface area contributed by atoms with Crippen LogP contribution in [0.2, 0.25) is 10.1 Å². The summed E-state index contributed by atoms with van der Waals surface area (Å²) >= 11 is 10.5. The van der Waals surface area contributed by atoms with Crippen molar-refractivity contribution in [1.82, 2.24) is 9.99 Å². The molecule has 8 heteroatoms. The molecule has 2 aliphatic heterocycles. The van der Waals surface area contributed by atoms with Crippen LogP contribution in [0.25, 0.3) is 6.08 Å². The van der Waals surface area contributed by atoms with E-state index in [0.717, 1.165) is 37.8 Å². The van der Waals surface area contributed by atoms with Crippen molar-refractivity contribution in [2.45, 2.75) is 59.0 Å². The molecule has 2 aliphatic rings. The number of nitrogens with one attached hydrogen (secondary N) is 1. The molecule has 3 heterocycles. The smallest absolute Gasteiger partial charge is 0.261 e. The Hall–Kier alpha value is -3.10. The van der Waals surface area contributed by atoms with Gasteiger partial charge in [-0.3, -0.25) is 10.3 Å². The van der Waals surface area contributed by atoms with E-state index in [1.54, 1.807) is 0 Å². The minimum absolute atomic E-state index is 0.00384. The predicted molar refractivity (Wildman–Crippen MR) is 182 cm³/mol. The lowest BCUT2D eigenvalue weighted by Crippen LogP contribution is -2.66. The van der Waals surface area contributed by atoms with Crippen LogP contribution in [0.3, 0.4) is 0 Å². The third-order valence-corrected chi connectivity index (χ3v) is 14.2. The topological polar surface area (TPSA) is 41.8 Å². The fraction of sp³-hybridized carbons (Fsp3) is 0.265. The molecule has 3 aromatic carbocycles. The first-order chi connectivity index (χ1) is 20.1. The maximum atomic E-state index is 7.22. The zero-order valence-electron chi connectivity index (χ0n) is 24.7. The second-order valence-corrected chi connectivity index (χ2v) is 17.8. The minimum Gasteiger partial charge on any atom is -0.403 e. The van der Waals surface area contributed by atoms with Gasteiger partial charge in [-0.15, -0.1) is 0 Å². The molecule has 1 unspecified atom stereocenters. The number of hydrazone groups is 1. The van der Waals surface area contributed by atoms with Crippen molar-refractivity contribution in [3.8, 4) is 0 Å². The molecular formula is C34H36BrClN4OSi. The highest BCUT2D eigenvalue weighted by Gasteiger charge is 2.50. The number of fused-ring (bicyclic) bond motifs is 3. The second kappa shape index (κ2) is 11.2. The molecule has 0 spiro atoms. The van der Waals surface area contributed by atoms with Gasteiger partial charge in [-0.1, -0.05) is 115 Å². The highest BCUT2D eigenvalue weighted by Crippen LogP contribution is 2.40. The third kappa shape index (κ3) is 5.06. The molecule has 0 saturated heterocycles. The van der Waals surface area contributed by atoms with Crippen molar-refractivity contribution in [1.29, 1.82) is 0 Å². The highest BCUT2D eigenvalue weighted by molar-refractivity contribution is 9.11. The van der Waals surface area contributed by atoms with Gasteiger partial charge >= 0.3 is 0 Å². The van der Waals surface area contributed by atoms with E-state index in [-0.39, 0.29) is 11.2 Å². The number of nitrogens with zero attached hydrogens (tertiary/aromatic N) is 3. The molecule has 42 heavy (non-hydrogen) atoms. The SMILES string of the molecule is CC1=NNC2C(Br)=Cc3c(cc(C)n3Cc3cc(Cl)cc(CO[Si](c4ccccc4)(c4ccccc4)C(C)(C)C)c3)N12. The van der Waals surface area contributed by atoms with Crippen molar-refractivity contribution in [2.24, 2.45) is 5.10 Å². The lowest BCUT2D eigenvalue weighted by atomic mass is 10.1. The standard InChI is InChI=1S/C34H36BrClN4OSi/c1-23-16-32-31(20-30(35)33-38-37-24(2)40(32)33)39(23)21-25-17-26(19-27(36)18-25)22-41-42(34(3,4)5,28-12-8-6-9-13-28)29-14-10-7-11-15-29/h6-20,33,38H,21-22H2,1-5H3. The summed E-state index contributed by atoms with van der Waals surface area (Å²) in [5, 5.41) is 7.62. The molecule has 1 N–H and O–H groups in total. The van der Waals surface area contributed by atoms with Crippen LogP contribution in [0.5, 0.6) is 0 Å². The van der Waals surface area contributed by atoms with Gasteiger partial charge in [-0.2, -0.15) is 5.10 Å². The van der Waals surface area contributed by atoms with Crippen molar-refractivity contribution in [3.63, 3.8) is 0 Å². The summed E-state index contributed by atoms with van der Waals surface area (Å²) in [5.41, 5.74) is 8.92. The fourth-order valence-corrected chi connectivity index (χ4v) is 11.8. The Balaban J connectivity index is 1.34. The molecule has 0 saturated carbocycles. The van der Waals surface area contributed by atoms with Crippen LogP contribution in [-0.4, -0.2) is 24.9 Å². The van der Waals surface area contributed by atoms with Crippen LogP contribution in [-0.2, 0) is 17.6 Å². The molecule has 6 rings (SSSR count). The van der Waals surface area contributed by atoms with E-state index in [2.05, 4.69) is 149 Å². The highest BCUT2D eigenvalue weighted by atomic mass is 79.9. The van der Waals surface area contributed by atoms with Gasteiger partial charge < -0.3 is 8.99 Å². The molecule has 0 fully saturated rings. The Morgan fingerprint density at radius 1 is 0.929 bits per heavy atom. The summed E-state index contributed by atoms with van der Waals surface area (Å²) in [6.07, 6.45) is 2.20. The van der Waals surface area contributed by atoms with Gasteiger partial charge in [0, 0.05) is 21.7 Å². The summed E-state index contributed by atoms with van der Waals surface area (Å²) in [5.74, 6) is 0.953. The number of anilines is 1. The summed E-state index contributed by atoms with van der Waals surface area (Å²) < 4.78 is 10.6. The lowest BCUT2D eigenvalue weighted by molar-refractivity contribution is 0.286. The molecular weight excluding hydrogens is 624 g/mol. The number of hydrogen-bond acceptors (Lipinski definition) is 4. The molecule has 1 aromatic heterocycles. The summed E-state index contributed by atoms with van der Waals surface area (Å²) in [4.78, 5) is 2.24. The van der Waals surface area contributed by atoms with Crippen molar-refractivity contribution in [3.05, 3.63) is 117 Å². The first-order valence-electron chi connectivity index (χ1n) is 14.3. The second-order valence-electron chi connectivity index (χ2n) is 12.2. The van der Waals surface area contributed by atoms with E-state index in [1.165, 1.54) is 16.1 Å². The van der Waals surface area contributed by atoms with Crippen molar-refractivity contribution < 1.29 is 4.43 Å². The van der Waals surface area contributed by atoms with Crippen LogP contribution >= 0.6 is 27.5 Å².